The number of hydrogen-bond donors (Lipinski definition) is 2. The fraction of sp³-hybridized carbons (Fsp3) is 0.588. The summed E-state index contributed by atoms with van der Waals surface area (Å²) in [6, 6.07) is 0.0117. The Kier molecular flexibility index (Phi) is 5.73. The lowest BCUT2D eigenvalue weighted by Crippen LogP contribution is -2.39. The summed E-state index contributed by atoms with van der Waals surface area (Å²) in [5.74, 6) is -0.132. The summed E-state index contributed by atoms with van der Waals surface area (Å²) in [7, 11) is 1.65. The summed E-state index contributed by atoms with van der Waals surface area (Å²) in [6.45, 7) is 5.09. The van der Waals surface area contributed by atoms with Crippen molar-refractivity contribution < 1.29 is 9.59 Å². The number of amides is 2. The second-order valence-corrected chi connectivity index (χ2v) is 7.90. The van der Waals surface area contributed by atoms with Crippen LogP contribution >= 0.6 is 11.3 Å². The van der Waals surface area contributed by atoms with Gasteiger partial charge in [0.25, 0.3) is 5.56 Å². The molecule has 0 aromatic carbocycles. The maximum absolute atomic E-state index is 12.7. The Morgan fingerprint density at radius 2 is 2.04 bits per heavy atom. The molecule has 3 heterocycles. The third-order valence-corrected chi connectivity index (χ3v) is 5.61. The van der Waals surface area contributed by atoms with Crippen LogP contribution in [0.25, 0.3) is 10.3 Å². The minimum atomic E-state index is -0.261. The van der Waals surface area contributed by atoms with Gasteiger partial charge in [-0.2, -0.15) is 4.98 Å². The maximum Gasteiger partial charge on any atom is 0.273 e. The molecule has 2 N–H and O–H groups in total. The van der Waals surface area contributed by atoms with Gasteiger partial charge in [-0.3, -0.25) is 19.0 Å². The van der Waals surface area contributed by atoms with E-state index >= 15 is 0 Å². The standard InChI is InChI=1S/C17H24N6O3S/c1-10(2)20-12(24)8-23-9-19-14-13(16(23)26)27-17(21-14)22-6-4-11(5-7-22)15(25)18-3/h9-11H,4-8H2,1-3H3,(H,18,25)(H,20,24). The van der Waals surface area contributed by atoms with Gasteiger partial charge in [0.15, 0.2) is 10.8 Å². The normalized spacial score (nSPS) is 15.3. The summed E-state index contributed by atoms with van der Waals surface area (Å²) >= 11 is 1.29. The Morgan fingerprint density at radius 3 is 2.67 bits per heavy atom. The quantitative estimate of drug-likeness (QED) is 0.759. The molecule has 0 saturated carbocycles. The van der Waals surface area contributed by atoms with E-state index in [0.717, 1.165) is 18.0 Å². The zero-order valence-corrected chi connectivity index (χ0v) is 16.5. The molecule has 3 rings (SSSR count). The highest BCUT2D eigenvalue weighted by Gasteiger charge is 2.26. The van der Waals surface area contributed by atoms with Crippen molar-refractivity contribution in [2.75, 3.05) is 25.0 Å². The maximum atomic E-state index is 12.7. The lowest BCUT2D eigenvalue weighted by Gasteiger charge is -2.30. The minimum Gasteiger partial charge on any atom is -0.359 e. The van der Waals surface area contributed by atoms with E-state index in [1.165, 1.54) is 22.2 Å². The van der Waals surface area contributed by atoms with Crippen molar-refractivity contribution in [1.82, 2.24) is 25.2 Å². The third-order valence-electron chi connectivity index (χ3n) is 4.52. The second-order valence-electron chi connectivity index (χ2n) is 6.92. The summed E-state index contributed by atoms with van der Waals surface area (Å²) in [6.07, 6.45) is 2.87. The van der Waals surface area contributed by atoms with Crippen molar-refractivity contribution in [3.05, 3.63) is 16.7 Å². The fourth-order valence-electron chi connectivity index (χ4n) is 3.14. The lowest BCUT2D eigenvalue weighted by atomic mass is 9.96. The molecule has 0 radical (unpaired) electrons. The van der Waals surface area contributed by atoms with Gasteiger partial charge >= 0.3 is 0 Å². The van der Waals surface area contributed by atoms with Crippen molar-refractivity contribution in [2.45, 2.75) is 39.3 Å². The Hall–Kier alpha value is -2.49. The van der Waals surface area contributed by atoms with Crippen LogP contribution in [0.2, 0.25) is 0 Å². The SMILES string of the molecule is CNC(=O)C1CCN(c2nc3ncn(CC(=O)NC(C)C)c(=O)c3s2)CC1. The van der Waals surface area contributed by atoms with E-state index in [9.17, 15) is 14.4 Å². The topological polar surface area (TPSA) is 109 Å². The van der Waals surface area contributed by atoms with Gasteiger partial charge in [-0.05, 0) is 26.7 Å². The van der Waals surface area contributed by atoms with Crippen LogP contribution in [0.1, 0.15) is 26.7 Å². The largest absolute Gasteiger partial charge is 0.359 e. The van der Waals surface area contributed by atoms with Crippen molar-refractivity contribution in [2.24, 2.45) is 5.92 Å². The molecule has 0 bridgehead atoms. The van der Waals surface area contributed by atoms with Crippen molar-refractivity contribution in [3.8, 4) is 0 Å². The molecule has 1 aliphatic rings. The zero-order chi connectivity index (χ0) is 19.6. The summed E-state index contributed by atoms with van der Waals surface area (Å²) in [5.41, 5.74) is 0.136. The highest BCUT2D eigenvalue weighted by Crippen LogP contribution is 2.29. The molecule has 1 saturated heterocycles. The molecular formula is C17H24N6O3S. The van der Waals surface area contributed by atoms with Gasteiger partial charge in [-0.1, -0.05) is 11.3 Å². The van der Waals surface area contributed by atoms with Crippen LogP contribution in [0.3, 0.4) is 0 Å². The first kappa shape index (κ1) is 19.3. The number of nitrogens with one attached hydrogen (secondary N) is 2. The molecule has 2 aromatic rings. The molecule has 1 fully saturated rings. The van der Waals surface area contributed by atoms with E-state index < -0.39 is 0 Å². The number of piperidine rings is 1. The van der Waals surface area contributed by atoms with Crippen molar-refractivity contribution in [3.63, 3.8) is 0 Å². The minimum absolute atomic E-state index is 0.0117. The van der Waals surface area contributed by atoms with E-state index in [-0.39, 0.29) is 35.9 Å². The molecule has 0 atom stereocenters. The number of carbonyl (C=O) groups is 2. The van der Waals surface area contributed by atoms with E-state index in [4.69, 9.17) is 0 Å². The van der Waals surface area contributed by atoms with E-state index in [1.807, 2.05) is 13.8 Å². The molecule has 1 aliphatic heterocycles. The van der Waals surface area contributed by atoms with Crippen LogP contribution in [0.15, 0.2) is 11.1 Å². The molecule has 2 amide bonds. The molecular weight excluding hydrogens is 368 g/mol. The van der Waals surface area contributed by atoms with E-state index in [2.05, 4.69) is 25.5 Å². The van der Waals surface area contributed by atoms with Crippen LogP contribution < -0.4 is 21.1 Å². The first-order valence-electron chi connectivity index (χ1n) is 9.01. The van der Waals surface area contributed by atoms with Gasteiger partial charge in [0, 0.05) is 32.1 Å². The molecule has 0 aliphatic carbocycles. The average Bonchev–Trinajstić information content (AvgIpc) is 3.08. The first-order valence-corrected chi connectivity index (χ1v) is 9.82. The summed E-state index contributed by atoms with van der Waals surface area (Å²) in [4.78, 5) is 47.1. The van der Waals surface area contributed by atoms with E-state index in [1.54, 1.807) is 7.05 Å². The molecule has 2 aromatic heterocycles. The Bertz CT molecular complexity index is 898. The second kappa shape index (κ2) is 8.03. The molecule has 9 nitrogen and oxygen atoms in total. The molecule has 0 spiro atoms. The zero-order valence-electron chi connectivity index (χ0n) is 15.7. The number of aromatic nitrogens is 3. The molecule has 10 heteroatoms. The van der Waals surface area contributed by atoms with Crippen LogP contribution in [0, 0.1) is 5.92 Å². The molecule has 146 valence electrons. The average molecular weight is 392 g/mol. The number of fused-ring (bicyclic) bond motifs is 1. The number of hydrogen-bond acceptors (Lipinski definition) is 7. The predicted molar refractivity (Wildman–Crippen MR) is 104 cm³/mol. The van der Waals surface area contributed by atoms with E-state index in [0.29, 0.717) is 23.4 Å². The smallest absolute Gasteiger partial charge is 0.273 e. The van der Waals surface area contributed by atoms with Gasteiger partial charge in [0.05, 0.1) is 0 Å². The summed E-state index contributed by atoms with van der Waals surface area (Å²) in [5, 5.41) is 6.19. The number of carbonyl (C=O) groups excluding carboxylic acids is 2. The fourth-order valence-corrected chi connectivity index (χ4v) is 4.16. The van der Waals surface area contributed by atoms with Gasteiger partial charge in [-0.15, -0.1) is 0 Å². The van der Waals surface area contributed by atoms with Crippen molar-refractivity contribution in [1.29, 1.82) is 0 Å². The van der Waals surface area contributed by atoms with Gasteiger partial charge in [0.2, 0.25) is 11.8 Å². The monoisotopic (exact) mass is 392 g/mol. The molecule has 0 unspecified atom stereocenters. The Balaban J connectivity index is 1.76. The number of anilines is 1. The lowest BCUT2D eigenvalue weighted by molar-refractivity contribution is -0.125. The van der Waals surface area contributed by atoms with Gasteiger partial charge in [0.1, 0.15) is 17.6 Å². The number of rotatable bonds is 5. The van der Waals surface area contributed by atoms with Crippen LogP contribution in [-0.2, 0) is 16.1 Å². The highest BCUT2D eigenvalue weighted by atomic mass is 32.1. The van der Waals surface area contributed by atoms with Crippen LogP contribution in [-0.4, -0.2) is 52.5 Å². The molecule has 27 heavy (non-hydrogen) atoms. The Morgan fingerprint density at radius 1 is 1.33 bits per heavy atom. The third kappa shape index (κ3) is 4.26. The van der Waals surface area contributed by atoms with Gasteiger partial charge < -0.3 is 15.5 Å². The Labute approximate surface area is 160 Å². The predicted octanol–water partition coefficient (Wildman–Crippen LogP) is 0.340. The number of thiazole rings is 1. The highest BCUT2D eigenvalue weighted by molar-refractivity contribution is 7.22. The van der Waals surface area contributed by atoms with Crippen molar-refractivity contribution >= 4 is 38.6 Å². The summed E-state index contributed by atoms with van der Waals surface area (Å²) < 4.78 is 1.75. The van der Waals surface area contributed by atoms with Crippen LogP contribution in [0.4, 0.5) is 5.13 Å². The van der Waals surface area contributed by atoms with Gasteiger partial charge in [-0.25, -0.2) is 4.98 Å². The number of nitrogens with zero attached hydrogens (tertiary/aromatic N) is 4. The first-order chi connectivity index (χ1) is 12.9. The van der Waals surface area contributed by atoms with Crippen LogP contribution in [0.5, 0.6) is 0 Å².